The van der Waals surface area contributed by atoms with Gasteiger partial charge in [0.2, 0.25) is 0 Å². The molecule has 2 N–H and O–H groups in total. The van der Waals surface area contributed by atoms with Crippen molar-refractivity contribution in [3.8, 4) is 5.75 Å². The summed E-state index contributed by atoms with van der Waals surface area (Å²) < 4.78 is 19.3. The first-order valence-electron chi connectivity index (χ1n) is 5.54. The Balaban J connectivity index is 2.06. The molecule has 0 saturated heterocycles. The molecular formula is C14H13BrFNO. The molecule has 2 aromatic carbocycles. The van der Waals surface area contributed by atoms with Crippen LogP contribution in [-0.2, 0) is 13.2 Å². The van der Waals surface area contributed by atoms with E-state index < -0.39 is 0 Å². The average molecular weight is 310 g/mol. The van der Waals surface area contributed by atoms with Crippen LogP contribution in [0.25, 0.3) is 0 Å². The van der Waals surface area contributed by atoms with Crippen LogP contribution in [0.15, 0.2) is 46.9 Å². The first-order chi connectivity index (χ1) is 8.67. The lowest BCUT2D eigenvalue weighted by Crippen LogP contribution is -2.00. The minimum Gasteiger partial charge on any atom is -0.489 e. The molecule has 0 aromatic heterocycles. The zero-order valence-corrected chi connectivity index (χ0v) is 11.3. The maximum absolute atomic E-state index is 13.1. The average Bonchev–Trinajstić information content (AvgIpc) is 2.35. The minimum absolute atomic E-state index is 0.324. The van der Waals surface area contributed by atoms with Crippen molar-refractivity contribution in [2.45, 2.75) is 13.2 Å². The number of rotatable bonds is 4. The third-order valence-electron chi connectivity index (χ3n) is 2.47. The highest BCUT2D eigenvalue weighted by Gasteiger charge is 2.01. The number of halogens is 2. The van der Waals surface area contributed by atoms with Crippen molar-refractivity contribution in [1.82, 2.24) is 0 Å². The predicted octanol–water partition coefficient (Wildman–Crippen LogP) is 3.63. The Hall–Kier alpha value is -1.39. The highest BCUT2D eigenvalue weighted by molar-refractivity contribution is 9.10. The number of hydrogen-bond acceptors (Lipinski definition) is 2. The summed E-state index contributed by atoms with van der Waals surface area (Å²) >= 11 is 3.23. The Bertz CT molecular complexity index is 525. The molecule has 2 nitrogen and oxygen atoms in total. The molecule has 0 fully saturated rings. The monoisotopic (exact) mass is 309 g/mol. The van der Waals surface area contributed by atoms with Crippen LogP contribution in [0.4, 0.5) is 4.39 Å². The summed E-state index contributed by atoms with van der Waals surface area (Å²) in [7, 11) is 0. The van der Waals surface area contributed by atoms with Gasteiger partial charge in [0, 0.05) is 17.1 Å². The van der Waals surface area contributed by atoms with Crippen LogP contribution in [0, 0.1) is 5.82 Å². The topological polar surface area (TPSA) is 35.2 Å². The van der Waals surface area contributed by atoms with E-state index in [1.54, 1.807) is 6.07 Å². The number of ether oxygens (including phenoxy) is 1. The van der Waals surface area contributed by atoms with E-state index in [9.17, 15) is 4.39 Å². The molecule has 0 atom stereocenters. The van der Waals surface area contributed by atoms with Crippen molar-refractivity contribution in [2.24, 2.45) is 5.73 Å². The molecule has 2 aromatic rings. The molecule has 0 amide bonds. The van der Waals surface area contributed by atoms with Crippen LogP contribution in [0.3, 0.4) is 0 Å². The molecule has 0 heterocycles. The van der Waals surface area contributed by atoms with Crippen molar-refractivity contribution in [3.63, 3.8) is 0 Å². The highest BCUT2D eigenvalue weighted by Crippen LogP contribution is 2.21. The van der Waals surface area contributed by atoms with Gasteiger partial charge in [-0.25, -0.2) is 4.39 Å². The van der Waals surface area contributed by atoms with Crippen LogP contribution in [0.1, 0.15) is 11.1 Å². The van der Waals surface area contributed by atoms with Gasteiger partial charge in [0.1, 0.15) is 18.2 Å². The number of benzene rings is 2. The van der Waals surface area contributed by atoms with Crippen molar-refractivity contribution in [3.05, 3.63) is 63.9 Å². The lowest BCUT2D eigenvalue weighted by Gasteiger charge is -2.08. The first-order valence-corrected chi connectivity index (χ1v) is 6.33. The standard InChI is InChI=1S/C14H13BrFNO/c15-12-5-13(16)7-14(6-12)18-9-11-3-1-2-10(4-11)8-17/h1-7H,8-9,17H2. The Morgan fingerprint density at radius 2 is 1.89 bits per heavy atom. The smallest absolute Gasteiger partial charge is 0.128 e. The van der Waals surface area contributed by atoms with Gasteiger partial charge in [0.05, 0.1) is 0 Å². The van der Waals surface area contributed by atoms with E-state index in [0.29, 0.717) is 23.4 Å². The molecule has 0 saturated carbocycles. The third-order valence-corrected chi connectivity index (χ3v) is 2.93. The quantitative estimate of drug-likeness (QED) is 0.936. The molecule has 0 aliphatic heterocycles. The molecule has 18 heavy (non-hydrogen) atoms. The molecule has 0 aliphatic carbocycles. The van der Waals surface area contributed by atoms with Crippen molar-refractivity contribution in [1.29, 1.82) is 0 Å². The Morgan fingerprint density at radius 3 is 2.61 bits per heavy atom. The Kier molecular flexibility index (Phi) is 4.33. The fourth-order valence-corrected chi connectivity index (χ4v) is 2.07. The summed E-state index contributed by atoms with van der Waals surface area (Å²) in [4.78, 5) is 0. The largest absolute Gasteiger partial charge is 0.489 e. The van der Waals surface area contributed by atoms with E-state index in [1.165, 1.54) is 12.1 Å². The van der Waals surface area contributed by atoms with Crippen LogP contribution in [0.2, 0.25) is 0 Å². The first kappa shape index (κ1) is 13.1. The second kappa shape index (κ2) is 5.98. The van der Waals surface area contributed by atoms with Gasteiger partial charge in [0.15, 0.2) is 0 Å². The molecule has 94 valence electrons. The fraction of sp³-hybridized carbons (Fsp3) is 0.143. The lowest BCUT2D eigenvalue weighted by atomic mass is 10.1. The van der Waals surface area contributed by atoms with Gasteiger partial charge in [-0.2, -0.15) is 0 Å². The van der Waals surface area contributed by atoms with E-state index in [1.807, 2.05) is 24.3 Å². The number of nitrogens with two attached hydrogens (primary N) is 1. The normalized spacial score (nSPS) is 10.4. The van der Waals surface area contributed by atoms with Gasteiger partial charge in [-0.15, -0.1) is 0 Å². The highest BCUT2D eigenvalue weighted by atomic mass is 79.9. The summed E-state index contributed by atoms with van der Waals surface area (Å²) in [5, 5.41) is 0. The second-order valence-electron chi connectivity index (χ2n) is 3.92. The van der Waals surface area contributed by atoms with Crippen LogP contribution >= 0.6 is 15.9 Å². The molecule has 0 bridgehead atoms. The summed E-state index contributed by atoms with van der Waals surface area (Å²) in [6, 6.07) is 12.3. The van der Waals surface area contributed by atoms with Crippen LogP contribution in [0.5, 0.6) is 5.75 Å². The van der Waals surface area contributed by atoms with Gasteiger partial charge in [-0.1, -0.05) is 40.2 Å². The van der Waals surface area contributed by atoms with Crippen molar-refractivity contribution in [2.75, 3.05) is 0 Å². The lowest BCUT2D eigenvalue weighted by molar-refractivity contribution is 0.304. The van der Waals surface area contributed by atoms with Gasteiger partial charge in [-0.3, -0.25) is 0 Å². The van der Waals surface area contributed by atoms with E-state index in [2.05, 4.69) is 15.9 Å². The summed E-state index contributed by atoms with van der Waals surface area (Å²) in [6.07, 6.45) is 0. The van der Waals surface area contributed by atoms with Crippen LogP contribution in [-0.4, -0.2) is 0 Å². The molecule has 0 unspecified atom stereocenters. The number of hydrogen-bond donors (Lipinski definition) is 1. The fourth-order valence-electron chi connectivity index (χ4n) is 1.62. The van der Waals surface area contributed by atoms with Gasteiger partial charge >= 0.3 is 0 Å². The SMILES string of the molecule is NCc1cccc(COc2cc(F)cc(Br)c2)c1. The molecule has 0 aliphatic rings. The predicted molar refractivity (Wildman–Crippen MR) is 72.8 cm³/mol. The maximum atomic E-state index is 13.1. The zero-order chi connectivity index (χ0) is 13.0. The molecule has 0 spiro atoms. The van der Waals surface area contributed by atoms with Gasteiger partial charge in [-0.05, 0) is 23.3 Å². The summed E-state index contributed by atoms with van der Waals surface area (Å²) in [5.41, 5.74) is 7.63. The van der Waals surface area contributed by atoms with E-state index in [-0.39, 0.29) is 5.82 Å². The zero-order valence-electron chi connectivity index (χ0n) is 9.70. The van der Waals surface area contributed by atoms with Crippen molar-refractivity contribution < 1.29 is 9.13 Å². The third kappa shape index (κ3) is 3.55. The van der Waals surface area contributed by atoms with E-state index in [4.69, 9.17) is 10.5 Å². The Labute approximate surface area is 114 Å². The molecule has 4 heteroatoms. The van der Waals surface area contributed by atoms with Gasteiger partial charge in [0.25, 0.3) is 0 Å². The molecule has 2 rings (SSSR count). The Morgan fingerprint density at radius 1 is 1.11 bits per heavy atom. The van der Waals surface area contributed by atoms with E-state index >= 15 is 0 Å². The molecular weight excluding hydrogens is 297 g/mol. The molecule has 0 radical (unpaired) electrons. The maximum Gasteiger partial charge on any atom is 0.128 e. The van der Waals surface area contributed by atoms with Crippen LogP contribution < -0.4 is 10.5 Å². The minimum atomic E-state index is -0.324. The van der Waals surface area contributed by atoms with Crippen molar-refractivity contribution >= 4 is 15.9 Å². The summed E-state index contributed by atoms with van der Waals surface area (Å²) in [6.45, 7) is 0.892. The van der Waals surface area contributed by atoms with Gasteiger partial charge < -0.3 is 10.5 Å². The second-order valence-corrected chi connectivity index (χ2v) is 4.83. The van der Waals surface area contributed by atoms with E-state index in [0.717, 1.165) is 11.1 Å². The summed E-state index contributed by atoms with van der Waals surface area (Å²) in [5.74, 6) is 0.176.